The van der Waals surface area contributed by atoms with Crippen molar-refractivity contribution in [2.24, 2.45) is 0 Å². The Labute approximate surface area is 116 Å². The average molecular weight is 278 g/mol. The molecule has 5 heteroatoms. The predicted octanol–water partition coefficient (Wildman–Crippen LogP) is 2.26. The van der Waals surface area contributed by atoms with Crippen LogP contribution in [0.4, 0.5) is 0 Å². The monoisotopic (exact) mass is 277 g/mol. The van der Waals surface area contributed by atoms with Crippen LogP contribution in [0.3, 0.4) is 0 Å². The molecule has 3 rings (SSSR count). The van der Waals surface area contributed by atoms with Crippen LogP contribution in [0.5, 0.6) is 0 Å². The second-order valence-electron chi connectivity index (χ2n) is 5.02. The third-order valence-electron chi connectivity index (χ3n) is 3.47. The fourth-order valence-corrected chi connectivity index (χ4v) is 2.69. The van der Waals surface area contributed by atoms with Crippen LogP contribution in [0.2, 0.25) is 5.02 Å². The minimum absolute atomic E-state index is 0.0562. The van der Waals surface area contributed by atoms with Crippen LogP contribution in [0.1, 0.15) is 17.4 Å². The van der Waals surface area contributed by atoms with Crippen molar-refractivity contribution < 1.29 is 4.79 Å². The zero-order valence-corrected chi connectivity index (χ0v) is 11.5. The highest BCUT2D eigenvalue weighted by Crippen LogP contribution is 2.21. The van der Waals surface area contributed by atoms with E-state index in [1.54, 1.807) is 0 Å². The van der Waals surface area contributed by atoms with Crippen molar-refractivity contribution in [2.75, 3.05) is 19.6 Å². The van der Waals surface area contributed by atoms with Gasteiger partial charge in [-0.2, -0.15) is 0 Å². The van der Waals surface area contributed by atoms with Gasteiger partial charge in [0.15, 0.2) is 0 Å². The number of nitrogens with zero attached hydrogens (tertiary/aromatic N) is 1. The van der Waals surface area contributed by atoms with Gasteiger partial charge in [0, 0.05) is 41.6 Å². The Morgan fingerprint density at radius 1 is 1.42 bits per heavy atom. The molecule has 0 saturated carbocycles. The topological polar surface area (TPSA) is 48.1 Å². The lowest BCUT2D eigenvalue weighted by molar-refractivity contribution is 0.0704. The summed E-state index contributed by atoms with van der Waals surface area (Å²) in [5, 5.41) is 4.98. The van der Waals surface area contributed by atoms with Crippen LogP contribution in [0, 0.1) is 0 Å². The number of piperazine rings is 1. The van der Waals surface area contributed by atoms with Crippen LogP contribution in [-0.2, 0) is 0 Å². The molecule has 1 aromatic carbocycles. The van der Waals surface area contributed by atoms with E-state index in [9.17, 15) is 4.79 Å². The van der Waals surface area contributed by atoms with E-state index in [4.69, 9.17) is 11.6 Å². The van der Waals surface area contributed by atoms with Gasteiger partial charge in [0.05, 0.1) is 0 Å². The van der Waals surface area contributed by atoms with Gasteiger partial charge in [0.25, 0.3) is 5.91 Å². The van der Waals surface area contributed by atoms with E-state index < -0.39 is 0 Å². The SMILES string of the molecule is C[C@@H]1CN(C(=O)c2cc3cc(Cl)ccc3[nH]2)CCN1. The predicted molar refractivity (Wildman–Crippen MR) is 76.7 cm³/mol. The number of hydrogen-bond acceptors (Lipinski definition) is 2. The van der Waals surface area contributed by atoms with Crippen LogP contribution < -0.4 is 5.32 Å². The molecule has 2 aromatic rings. The normalized spacial score (nSPS) is 19.9. The fraction of sp³-hybridized carbons (Fsp3) is 0.357. The summed E-state index contributed by atoms with van der Waals surface area (Å²) in [5.74, 6) is 0.0562. The summed E-state index contributed by atoms with van der Waals surface area (Å²) in [4.78, 5) is 17.5. The number of aromatic amines is 1. The van der Waals surface area contributed by atoms with Crippen molar-refractivity contribution in [2.45, 2.75) is 13.0 Å². The number of benzene rings is 1. The maximum Gasteiger partial charge on any atom is 0.270 e. The fourth-order valence-electron chi connectivity index (χ4n) is 2.51. The molecule has 0 unspecified atom stereocenters. The largest absolute Gasteiger partial charge is 0.351 e. The van der Waals surface area contributed by atoms with E-state index in [-0.39, 0.29) is 5.91 Å². The maximum atomic E-state index is 12.4. The molecule has 100 valence electrons. The number of carbonyl (C=O) groups excluding carboxylic acids is 1. The quantitative estimate of drug-likeness (QED) is 0.840. The Hall–Kier alpha value is -1.52. The summed E-state index contributed by atoms with van der Waals surface area (Å²) in [6, 6.07) is 7.80. The first kappa shape index (κ1) is 12.5. The second kappa shape index (κ2) is 4.87. The van der Waals surface area contributed by atoms with Gasteiger partial charge in [-0.3, -0.25) is 4.79 Å². The molecule has 1 amide bonds. The smallest absolute Gasteiger partial charge is 0.270 e. The first-order chi connectivity index (χ1) is 9.13. The molecule has 1 aliphatic rings. The van der Waals surface area contributed by atoms with E-state index in [1.165, 1.54) is 0 Å². The minimum Gasteiger partial charge on any atom is -0.351 e. The molecular weight excluding hydrogens is 262 g/mol. The lowest BCUT2D eigenvalue weighted by atomic mass is 10.2. The summed E-state index contributed by atoms with van der Waals surface area (Å²) in [6.45, 7) is 4.43. The van der Waals surface area contributed by atoms with Crippen molar-refractivity contribution in [1.82, 2.24) is 15.2 Å². The summed E-state index contributed by atoms with van der Waals surface area (Å²) < 4.78 is 0. The zero-order chi connectivity index (χ0) is 13.4. The third kappa shape index (κ3) is 2.46. The van der Waals surface area contributed by atoms with E-state index >= 15 is 0 Å². The summed E-state index contributed by atoms with van der Waals surface area (Å²) in [5.41, 5.74) is 1.57. The summed E-state index contributed by atoms with van der Waals surface area (Å²) in [7, 11) is 0. The lowest BCUT2D eigenvalue weighted by Gasteiger charge is -2.31. The van der Waals surface area contributed by atoms with Crippen LogP contribution in [0.15, 0.2) is 24.3 Å². The highest BCUT2D eigenvalue weighted by Gasteiger charge is 2.22. The highest BCUT2D eigenvalue weighted by atomic mass is 35.5. The maximum absolute atomic E-state index is 12.4. The van der Waals surface area contributed by atoms with Gasteiger partial charge in [0.1, 0.15) is 5.69 Å². The van der Waals surface area contributed by atoms with Gasteiger partial charge in [-0.25, -0.2) is 0 Å². The molecule has 2 N–H and O–H groups in total. The van der Waals surface area contributed by atoms with Gasteiger partial charge < -0.3 is 15.2 Å². The number of halogens is 1. The van der Waals surface area contributed by atoms with Crippen molar-refractivity contribution in [3.63, 3.8) is 0 Å². The van der Waals surface area contributed by atoms with Gasteiger partial charge in [-0.15, -0.1) is 0 Å². The van der Waals surface area contributed by atoms with Crippen LogP contribution >= 0.6 is 11.6 Å². The number of fused-ring (bicyclic) bond motifs is 1. The zero-order valence-electron chi connectivity index (χ0n) is 10.7. The van der Waals surface area contributed by atoms with Gasteiger partial charge >= 0.3 is 0 Å². The molecule has 0 bridgehead atoms. The number of H-pyrrole nitrogens is 1. The Morgan fingerprint density at radius 3 is 3.05 bits per heavy atom. The molecule has 1 saturated heterocycles. The van der Waals surface area contributed by atoms with Crippen molar-refractivity contribution in [3.05, 3.63) is 35.0 Å². The molecule has 0 aliphatic carbocycles. The summed E-state index contributed by atoms with van der Waals surface area (Å²) >= 11 is 5.96. The van der Waals surface area contributed by atoms with Crippen LogP contribution in [-0.4, -0.2) is 41.5 Å². The molecule has 0 spiro atoms. The standard InChI is InChI=1S/C14H16ClN3O/c1-9-8-18(5-4-16-9)14(19)13-7-10-6-11(15)2-3-12(10)17-13/h2-3,6-7,9,16-17H,4-5,8H2,1H3/t9-/m1/s1. The third-order valence-corrected chi connectivity index (χ3v) is 3.70. The molecule has 1 fully saturated rings. The molecule has 19 heavy (non-hydrogen) atoms. The first-order valence-electron chi connectivity index (χ1n) is 6.44. The first-order valence-corrected chi connectivity index (χ1v) is 6.82. The van der Waals surface area contributed by atoms with E-state index in [2.05, 4.69) is 17.2 Å². The van der Waals surface area contributed by atoms with Gasteiger partial charge in [-0.1, -0.05) is 11.6 Å². The molecule has 1 atom stereocenters. The van der Waals surface area contributed by atoms with E-state index in [0.717, 1.165) is 30.5 Å². The Morgan fingerprint density at radius 2 is 2.26 bits per heavy atom. The second-order valence-corrected chi connectivity index (χ2v) is 5.46. The van der Waals surface area contributed by atoms with E-state index in [0.29, 0.717) is 16.8 Å². The number of nitrogens with one attached hydrogen (secondary N) is 2. The minimum atomic E-state index is 0.0562. The highest BCUT2D eigenvalue weighted by molar-refractivity contribution is 6.31. The molecule has 2 heterocycles. The van der Waals surface area contributed by atoms with Crippen molar-refractivity contribution in [3.8, 4) is 0 Å². The Bertz CT molecular complexity index is 622. The van der Waals surface area contributed by atoms with Gasteiger partial charge in [-0.05, 0) is 31.2 Å². The molecule has 1 aliphatic heterocycles. The number of carbonyl (C=O) groups is 1. The van der Waals surface area contributed by atoms with Crippen molar-refractivity contribution in [1.29, 1.82) is 0 Å². The number of hydrogen-bond donors (Lipinski definition) is 2. The summed E-state index contributed by atoms with van der Waals surface area (Å²) in [6.07, 6.45) is 0. The van der Waals surface area contributed by atoms with E-state index in [1.807, 2.05) is 29.2 Å². The van der Waals surface area contributed by atoms with Crippen LogP contribution in [0.25, 0.3) is 10.9 Å². The van der Waals surface area contributed by atoms with Gasteiger partial charge in [0.2, 0.25) is 0 Å². The molecule has 1 aromatic heterocycles. The molecule has 4 nitrogen and oxygen atoms in total. The number of aromatic nitrogens is 1. The lowest BCUT2D eigenvalue weighted by Crippen LogP contribution is -2.51. The molecule has 0 radical (unpaired) electrons. The number of amides is 1. The Kier molecular flexibility index (Phi) is 3.21. The number of rotatable bonds is 1. The van der Waals surface area contributed by atoms with Crippen molar-refractivity contribution >= 4 is 28.4 Å². The Balaban J connectivity index is 1.88. The average Bonchev–Trinajstić information content (AvgIpc) is 2.80. The molecular formula is C14H16ClN3O.